The summed E-state index contributed by atoms with van der Waals surface area (Å²) in [6.07, 6.45) is 1.47. The molecule has 0 saturated carbocycles. The zero-order valence-electron chi connectivity index (χ0n) is 12.3. The smallest absolute Gasteiger partial charge is 0.0989 e. The predicted octanol–water partition coefficient (Wildman–Crippen LogP) is 1.22. The Morgan fingerprint density at radius 2 is 2.05 bits per heavy atom. The molecule has 4 unspecified atom stereocenters. The number of hydrogen-bond acceptors (Lipinski definition) is 4. The van der Waals surface area contributed by atoms with Crippen molar-refractivity contribution in [1.82, 2.24) is 5.32 Å². The monoisotopic (exact) mass is 276 g/mol. The van der Waals surface area contributed by atoms with E-state index < -0.39 is 0 Å². The van der Waals surface area contributed by atoms with Crippen molar-refractivity contribution in [3.63, 3.8) is 0 Å². The topological polar surface area (TPSA) is 63.1 Å². The average molecular weight is 276 g/mol. The van der Waals surface area contributed by atoms with Gasteiger partial charge < -0.3 is 20.5 Å². The summed E-state index contributed by atoms with van der Waals surface area (Å²) in [6.45, 7) is 6.80. The van der Waals surface area contributed by atoms with Crippen LogP contribution in [-0.4, -0.2) is 37.0 Å². The number of hydrogen-bond donors (Lipinski definition) is 2. The van der Waals surface area contributed by atoms with Crippen LogP contribution in [0.25, 0.3) is 0 Å². The minimum atomic E-state index is -0.263. The van der Waals surface area contributed by atoms with Crippen LogP contribution in [0.4, 0.5) is 0 Å². The minimum Gasteiger partial charge on any atom is -0.371 e. The van der Waals surface area contributed by atoms with Crippen LogP contribution < -0.4 is 11.1 Å². The minimum absolute atomic E-state index is 0.219. The lowest BCUT2D eigenvalue weighted by atomic mass is 9.90. The van der Waals surface area contributed by atoms with Gasteiger partial charge in [0.05, 0.1) is 25.4 Å². The first-order chi connectivity index (χ1) is 9.54. The molecular formula is C16H24N2O2. The maximum Gasteiger partial charge on any atom is 0.0989 e. The van der Waals surface area contributed by atoms with E-state index in [1.807, 2.05) is 0 Å². The Balaban J connectivity index is 1.57. The lowest BCUT2D eigenvalue weighted by Crippen LogP contribution is -2.44. The highest BCUT2D eigenvalue weighted by molar-refractivity contribution is 5.26. The van der Waals surface area contributed by atoms with Gasteiger partial charge in [0.2, 0.25) is 0 Å². The fraction of sp³-hybridized carbons (Fsp3) is 0.625. The Morgan fingerprint density at radius 3 is 2.70 bits per heavy atom. The summed E-state index contributed by atoms with van der Waals surface area (Å²) in [7, 11) is 0. The molecule has 0 amide bonds. The van der Waals surface area contributed by atoms with E-state index in [1.54, 1.807) is 0 Å². The molecule has 4 atom stereocenters. The zero-order valence-corrected chi connectivity index (χ0v) is 12.3. The van der Waals surface area contributed by atoms with E-state index in [9.17, 15) is 0 Å². The van der Waals surface area contributed by atoms with Gasteiger partial charge in [0.25, 0.3) is 0 Å². The SMILES string of the molecule is CC(NCc1cccc(CC(C)(N)C2CO2)c1)C1CO1. The molecule has 2 aliphatic heterocycles. The van der Waals surface area contributed by atoms with Crippen molar-refractivity contribution in [1.29, 1.82) is 0 Å². The normalized spacial score (nSPS) is 28.8. The molecule has 3 rings (SSSR count). The number of rotatable bonds is 7. The molecule has 0 radical (unpaired) electrons. The van der Waals surface area contributed by atoms with Gasteiger partial charge in [-0.25, -0.2) is 0 Å². The molecule has 0 aromatic heterocycles. The molecule has 1 aromatic carbocycles. The fourth-order valence-corrected chi connectivity index (χ4v) is 2.59. The molecule has 4 nitrogen and oxygen atoms in total. The second-order valence-corrected chi connectivity index (χ2v) is 6.37. The van der Waals surface area contributed by atoms with Crippen LogP contribution in [0.1, 0.15) is 25.0 Å². The summed E-state index contributed by atoms with van der Waals surface area (Å²) >= 11 is 0. The highest BCUT2D eigenvalue weighted by Crippen LogP contribution is 2.26. The quantitative estimate of drug-likeness (QED) is 0.735. The molecule has 4 heteroatoms. The first-order valence-corrected chi connectivity index (χ1v) is 7.38. The number of ether oxygens (including phenoxy) is 2. The molecule has 110 valence electrons. The molecule has 0 aliphatic carbocycles. The summed E-state index contributed by atoms with van der Waals surface area (Å²) in [5.41, 5.74) is 8.63. The molecule has 1 aromatic rings. The van der Waals surface area contributed by atoms with Crippen molar-refractivity contribution < 1.29 is 9.47 Å². The largest absolute Gasteiger partial charge is 0.371 e. The van der Waals surface area contributed by atoms with Crippen molar-refractivity contribution in [2.75, 3.05) is 13.2 Å². The third kappa shape index (κ3) is 3.58. The predicted molar refractivity (Wildman–Crippen MR) is 78.5 cm³/mol. The lowest BCUT2D eigenvalue weighted by Gasteiger charge is -2.22. The second kappa shape index (κ2) is 5.45. The lowest BCUT2D eigenvalue weighted by molar-refractivity contribution is 0.301. The molecule has 0 spiro atoms. The van der Waals surface area contributed by atoms with Crippen LogP contribution in [0, 0.1) is 0 Å². The van der Waals surface area contributed by atoms with Crippen LogP contribution >= 0.6 is 0 Å². The van der Waals surface area contributed by atoms with Gasteiger partial charge in [-0.3, -0.25) is 0 Å². The van der Waals surface area contributed by atoms with Crippen LogP contribution in [0.2, 0.25) is 0 Å². The molecule has 2 heterocycles. The molecule has 20 heavy (non-hydrogen) atoms. The van der Waals surface area contributed by atoms with E-state index >= 15 is 0 Å². The van der Waals surface area contributed by atoms with Crippen molar-refractivity contribution in [2.45, 2.75) is 50.6 Å². The summed E-state index contributed by atoms with van der Waals surface area (Å²) in [4.78, 5) is 0. The highest BCUT2D eigenvalue weighted by Gasteiger charge is 2.40. The molecule has 3 N–H and O–H groups in total. The van der Waals surface area contributed by atoms with Gasteiger partial charge in [-0.2, -0.15) is 0 Å². The molecule has 2 saturated heterocycles. The van der Waals surface area contributed by atoms with Gasteiger partial charge in [-0.05, 0) is 31.4 Å². The second-order valence-electron chi connectivity index (χ2n) is 6.37. The Bertz CT molecular complexity index is 467. The third-order valence-electron chi connectivity index (χ3n) is 4.19. The fourth-order valence-electron chi connectivity index (χ4n) is 2.59. The molecule has 2 aliphatic rings. The highest BCUT2D eigenvalue weighted by atomic mass is 16.6. The Morgan fingerprint density at radius 1 is 1.35 bits per heavy atom. The number of benzene rings is 1. The maximum absolute atomic E-state index is 6.32. The van der Waals surface area contributed by atoms with Crippen LogP contribution in [-0.2, 0) is 22.4 Å². The van der Waals surface area contributed by atoms with Gasteiger partial charge in [0.15, 0.2) is 0 Å². The van der Waals surface area contributed by atoms with E-state index in [4.69, 9.17) is 15.2 Å². The van der Waals surface area contributed by atoms with Crippen LogP contribution in [0.5, 0.6) is 0 Å². The van der Waals surface area contributed by atoms with Crippen molar-refractivity contribution in [3.05, 3.63) is 35.4 Å². The average Bonchev–Trinajstić information content (AvgIpc) is 3.29. The van der Waals surface area contributed by atoms with Gasteiger partial charge in [-0.1, -0.05) is 24.3 Å². The Hall–Kier alpha value is -0.940. The van der Waals surface area contributed by atoms with E-state index in [0.717, 1.165) is 26.2 Å². The Kier molecular flexibility index (Phi) is 3.82. The van der Waals surface area contributed by atoms with Gasteiger partial charge in [0.1, 0.15) is 0 Å². The summed E-state index contributed by atoms with van der Waals surface area (Å²) in [5.74, 6) is 0. The standard InChI is InChI=1S/C16H24N2O2/c1-11(14-9-19-14)18-8-13-5-3-4-12(6-13)7-16(2,17)15-10-20-15/h3-6,11,14-15,18H,7-10,17H2,1-2H3. The van der Waals surface area contributed by atoms with Crippen LogP contribution in [0.3, 0.4) is 0 Å². The van der Waals surface area contributed by atoms with Crippen molar-refractivity contribution in [3.8, 4) is 0 Å². The van der Waals surface area contributed by atoms with Gasteiger partial charge >= 0.3 is 0 Å². The molecule has 0 bridgehead atoms. The first kappa shape index (κ1) is 14.0. The first-order valence-electron chi connectivity index (χ1n) is 7.38. The van der Waals surface area contributed by atoms with Crippen molar-refractivity contribution in [2.24, 2.45) is 5.73 Å². The molecule has 2 fully saturated rings. The molecular weight excluding hydrogens is 252 g/mol. The van der Waals surface area contributed by atoms with E-state index in [0.29, 0.717) is 12.1 Å². The van der Waals surface area contributed by atoms with Gasteiger partial charge in [0, 0.05) is 18.1 Å². The summed E-state index contributed by atoms with van der Waals surface area (Å²) in [5, 5.41) is 3.51. The number of epoxide rings is 2. The maximum atomic E-state index is 6.32. The van der Waals surface area contributed by atoms with Crippen LogP contribution in [0.15, 0.2) is 24.3 Å². The van der Waals surface area contributed by atoms with Gasteiger partial charge in [-0.15, -0.1) is 0 Å². The summed E-state index contributed by atoms with van der Waals surface area (Å²) < 4.78 is 10.6. The van der Waals surface area contributed by atoms with Crippen molar-refractivity contribution >= 4 is 0 Å². The van der Waals surface area contributed by atoms with E-state index in [-0.39, 0.29) is 11.6 Å². The third-order valence-corrected chi connectivity index (χ3v) is 4.19. The zero-order chi connectivity index (χ0) is 14.2. The van der Waals surface area contributed by atoms with E-state index in [2.05, 4.69) is 43.4 Å². The summed E-state index contributed by atoms with van der Waals surface area (Å²) in [6, 6.07) is 9.05. The van der Waals surface area contributed by atoms with E-state index in [1.165, 1.54) is 11.1 Å². The number of nitrogens with two attached hydrogens (primary N) is 1. The Labute approximate surface area is 120 Å². The number of nitrogens with one attached hydrogen (secondary N) is 1.